The maximum Gasteiger partial charge on any atom is 0.416 e. The van der Waals surface area contributed by atoms with E-state index in [1.54, 1.807) is 12.1 Å². The van der Waals surface area contributed by atoms with Crippen molar-refractivity contribution < 1.29 is 27.9 Å². The second-order valence-corrected chi connectivity index (χ2v) is 9.64. The number of fused-ring (bicyclic) bond motifs is 2. The number of hydrogen-bond donors (Lipinski definition) is 2. The molecule has 2 aliphatic rings. The number of carbonyl (C=O) groups excluding carboxylic acids is 1. The molecule has 1 fully saturated rings. The van der Waals surface area contributed by atoms with Crippen LogP contribution in [0.5, 0.6) is 0 Å². The van der Waals surface area contributed by atoms with Crippen LogP contribution in [0.15, 0.2) is 42.5 Å². The first-order valence-corrected chi connectivity index (χ1v) is 11.5. The van der Waals surface area contributed by atoms with E-state index in [1.807, 2.05) is 6.07 Å². The molecule has 2 aromatic carbocycles. The van der Waals surface area contributed by atoms with E-state index in [4.69, 9.17) is 0 Å². The molecule has 33 heavy (non-hydrogen) atoms. The highest BCUT2D eigenvalue weighted by atomic mass is 79.9. The standard InChI is InChI=1S/C24H24BrF3N2O3/c25-30(14-15-4-1-2-7-19(15)24(26,27)28)22(33)18-6-3-5-17-16(12-20(31)32)13-23(21(17)18)8-10-29-11-9-23/h1-7,16,29H,8-14H2,(H,31,32). The Morgan fingerprint density at radius 3 is 2.48 bits per heavy atom. The van der Waals surface area contributed by atoms with Gasteiger partial charge in [-0.05, 0) is 72.5 Å². The van der Waals surface area contributed by atoms with Gasteiger partial charge in [-0.3, -0.25) is 13.5 Å². The third kappa shape index (κ3) is 4.66. The smallest absolute Gasteiger partial charge is 0.416 e. The molecular formula is C24H24BrF3N2O3. The fraction of sp³-hybridized carbons (Fsp3) is 0.417. The normalized spacial score (nSPS) is 19.3. The highest BCUT2D eigenvalue weighted by Gasteiger charge is 2.47. The van der Waals surface area contributed by atoms with Crippen LogP contribution in [0.3, 0.4) is 0 Å². The van der Waals surface area contributed by atoms with Crippen LogP contribution < -0.4 is 5.32 Å². The molecule has 1 saturated heterocycles. The van der Waals surface area contributed by atoms with Crippen LogP contribution in [0, 0.1) is 0 Å². The number of nitrogens with one attached hydrogen (secondary N) is 1. The van der Waals surface area contributed by atoms with Gasteiger partial charge < -0.3 is 10.4 Å². The Labute approximate surface area is 198 Å². The van der Waals surface area contributed by atoms with Gasteiger partial charge >= 0.3 is 12.1 Å². The number of alkyl halides is 3. The first-order valence-electron chi connectivity index (χ1n) is 10.8. The Morgan fingerprint density at radius 1 is 1.12 bits per heavy atom. The van der Waals surface area contributed by atoms with Crippen LogP contribution in [0.1, 0.15) is 64.2 Å². The highest BCUT2D eigenvalue weighted by molar-refractivity contribution is 9.07. The molecule has 5 nitrogen and oxygen atoms in total. The molecule has 1 spiro atoms. The average Bonchev–Trinajstić information content (AvgIpc) is 3.05. The van der Waals surface area contributed by atoms with Crippen molar-refractivity contribution in [2.75, 3.05) is 13.1 Å². The average molecular weight is 525 g/mol. The number of halogens is 4. The van der Waals surface area contributed by atoms with Crippen molar-refractivity contribution in [3.63, 3.8) is 0 Å². The summed E-state index contributed by atoms with van der Waals surface area (Å²) in [4.78, 5) is 25.0. The predicted octanol–water partition coefficient (Wildman–Crippen LogP) is 5.24. The van der Waals surface area contributed by atoms with Gasteiger partial charge in [0.15, 0.2) is 0 Å². The third-order valence-corrected chi connectivity index (χ3v) is 7.34. The SMILES string of the molecule is O=C(O)CC1CC2(CCNCC2)c2c(C(=O)N(Br)Cc3ccccc3C(F)(F)F)cccc21. The van der Waals surface area contributed by atoms with Crippen LogP contribution >= 0.6 is 16.1 Å². The summed E-state index contributed by atoms with van der Waals surface area (Å²) in [6, 6.07) is 10.5. The molecule has 1 aliphatic heterocycles. The van der Waals surface area contributed by atoms with Crippen LogP contribution in [0.2, 0.25) is 0 Å². The number of aliphatic carboxylic acids is 1. The summed E-state index contributed by atoms with van der Waals surface area (Å²) in [7, 11) is 0. The van der Waals surface area contributed by atoms with Gasteiger partial charge in [0.25, 0.3) is 5.91 Å². The Bertz CT molecular complexity index is 1070. The lowest BCUT2D eigenvalue weighted by Gasteiger charge is -2.36. The van der Waals surface area contributed by atoms with Gasteiger partial charge in [0.2, 0.25) is 0 Å². The van der Waals surface area contributed by atoms with Crippen molar-refractivity contribution in [1.29, 1.82) is 0 Å². The van der Waals surface area contributed by atoms with Crippen LogP contribution in [-0.2, 0) is 22.9 Å². The Hall–Kier alpha value is -2.39. The molecule has 1 heterocycles. The summed E-state index contributed by atoms with van der Waals surface area (Å²) in [6.45, 7) is 1.27. The van der Waals surface area contributed by atoms with Crippen molar-refractivity contribution in [3.05, 3.63) is 70.3 Å². The summed E-state index contributed by atoms with van der Waals surface area (Å²) in [5.41, 5.74) is 1.03. The summed E-state index contributed by atoms with van der Waals surface area (Å²) >= 11 is 3.20. The van der Waals surface area contributed by atoms with Crippen molar-refractivity contribution >= 4 is 28.0 Å². The molecule has 0 aromatic heterocycles. The largest absolute Gasteiger partial charge is 0.481 e. The third-order valence-electron chi connectivity index (χ3n) is 6.77. The summed E-state index contributed by atoms with van der Waals surface area (Å²) in [5.74, 6) is -1.52. The minimum Gasteiger partial charge on any atom is -0.481 e. The second-order valence-electron chi connectivity index (χ2n) is 8.78. The summed E-state index contributed by atoms with van der Waals surface area (Å²) in [6.07, 6.45) is -2.33. The van der Waals surface area contributed by atoms with Gasteiger partial charge in [-0.15, -0.1) is 0 Å². The molecule has 0 saturated carbocycles. The molecule has 0 radical (unpaired) electrons. The van der Waals surface area contributed by atoms with Gasteiger partial charge in [0, 0.05) is 5.56 Å². The van der Waals surface area contributed by atoms with Gasteiger partial charge in [0.1, 0.15) is 0 Å². The van der Waals surface area contributed by atoms with Crippen molar-refractivity contribution in [2.24, 2.45) is 0 Å². The Morgan fingerprint density at radius 2 is 1.82 bits per heavy atom. The highest BCUT2D eigenvalue weighted by Crippen LogP contribution is 2.53. The number of rotatable bonds is 5. The molecule has 1 atom stereocenters. The van der Waals surface area contributed by atoms with Crippen LogP contribution in [0.25, 0.3) is 0 Å². The molecule has 176 valence electrons. The van der Waals surface area contributed by atoms with E-state index in [-0.39, 0.29) is 29.9 Å². The monoisotopic (exact) mass is 524 g/mol. The van der Waals surface area contributed by atoms with Crippen LogP contribution in [0.4, 0.5) is 13.2 Å². The molecule has 4 rings (SSSR count). The van der Waals surface area contributed by atoms with Gasteiger partial charge in [-0.2, -0.15) is 13.2 Å². The van der Waals surface area contributed by atoms with E-state index in [1.165, 1.54) is 18.2 Å². The number of carbonyl (C=O) groups is 2. The van der Waals surface area contributed by atoms with Gasteiger partial charge in [-0.1, -0.05) is 30.3 Å². The lowest BCUT2D eigenvalue weighted by Crippen LogP contribution is -2.39. The quantitative estimate of drug-likeness (QED) is 0.524. The molecular weight excluding hydrogens is 501 g/mol. The van der Waals surface area contributed by atoms with E-state index < -0.39 is 23.6 Å². The van der Waals surface area contributed by atoms with Crippen molar-refractivity contribution in [2.45, 2.75) is 49.7 Å². The lowest BCUT2D eigenvalue weighted by atomic mass is 9.72. The van der Waals surface area contributed by atoms with E-state index in [0.29, 0.717) is 12.0 Å². The number of carboxylic acid groups (broad SMARTS) is 1. The number of amides is 1. The number of carboxylic acids is 1. The zero-order valence-corrected chi connectivity index (χ0v) is 19.4. The van der Waals surface area contributed by atoms with Gasteiger partial charge in [-0.25, -0.2) is 0 Å². The maximum atomic E-state index is 13.5. The molecule has 1 amide bonds. The first-order chi connectivity index (χ1) is 15.6. The zero-order valence-electron chi connectivity index (χ0n) is 17.8. The van der Waals surface area contributed by atoms with Crippen molar-refractivity contribution in [1.82, 2.24) is 9.24 Å². The number of benzene rings is 2. The molecule has 2 aromatic rings. The lowest BCUT2D eigenvalue weighted by molar-refractivity contribution is -0.138. The first kappa shape index (κ1) is 23.8. The van der Waals surface area contributed by atoms with E-state index in [2.05, 4.69) is 21.5 Å². The predicted molar refractivity (Wildman–Crippen MR) is 120 cm³/mol. The maximum absolute atomic E-state index is 13.5. The number of nitrogens with zero attached hydrogens (tertiary/aromatic N) is 1. The molecule has 1 aliphatic carbocycles. The van der Waals surface area contributed by atoms with E-state index in [0.717, 1.165) is 47.1 Å². The second kappa shape index (κ2) is 9.10. The number of piperidine rings is 1. The zero-order chi connectivity index (χ0) is 23.8. The van der Waals surface area contributed by atoms with E-state index in [9.17, 15) is 27.9 Å². The van der Waals surface area contributed by atoms with Crippen LogP contribution in [-0.4, -0.2) is 34.0 Å². The molecule has 1 unspecified atom stereocenters. The number of hydrogen-bond acceptors (Lipinski definition) is 3. The van der Waals surface area contributed by atoms with Gasteiger partial charge in [0.05, 0.1) is 34.7 Å². The summed E-state index contributed by atoms with van der Waals surface area (Å²) < 4.78 is 41.4. The fourth-order valence-electron chi connectivity index (χ4n) is 5.40. The van der Waals surface area contributed by atoms with Crippen molar-refractivity contribution in [3.8, 4) is 0 Å². The Kier molecular flexibility index (Phi) is 6.55. The Balaban J connectivity index is 1.70. The molecule has 0 bridgehead atoms. The minimum atomic E-state index is -4.52. The molecule has 2 N–H and O–H groups in total. The fourth-order valence-corrected chi connectivity index (χ4v) is 5.86. The summed E-state index contributed by atoms with van der Waals surface area (Å²) in [5, 5.41) is 12.7. The molecule has 9 heteroatoms. The minimum absolute atomic E-state index is 0.0110. The topological polar surface area (TPSA) is 69.6 Å². The van der Waals surface area contributed by atoms with E-state index >= 15 is 0 Å².